The number of H-pyrrole nitrogens is 1. The van der Waals surface area contributed by atoms with Crippen molar-refractivity contribution in [3.05, 3.63) is 76.5 Å². The Morgan fingerprint density at radius 3 is 1.88 bits per heavy atom. The normalized spacial score (nSPS) is 15.1. The molecule has 0 unspecified atom stereocenters. The Kier molecular flexibility index (Phi) is 10.7. The van der Waals surface area contributed by atoms with Crippen LogP contribution in [0.2, 0.25) is 0 Å². The van der Waals surface area contributed by atoms with Gasteiger partial charge in [-0.2, -0.15) is 10.2 Å². The second kappa shape index (κ2) is 15.2. The summed E-state index contributed by atoms with van der Waals surface area (Å²) in [4.78, 5) is 22.5. The minimum Gasteiger partial charge on any atom is -0.506 e. The largest absolute Gasteiger partial charge is 0.506 e. The van der Waals surface area contributed by atoms with Gasteiger partial charge in [-0.1, -0.05) is 80.6 Å². The van der Waals surface area contributed by atoms with Crippen molar-refractivity contribution in [2.45, 2.75) is 97.8 Å². The Morgan fingerprint density at radius 2 is 1.29 bits per heavy atom. The minimum atomic E-state index is -3.51. The number of carbonyl (C=O) groups is 1. The summed E-state index contributed by atoms with van der Waals surface area (Å²) in [5.74, 6) is 0.134. The number of benzene rings is 2. The van der Waals surface area contributed by atoms with Crippen molar-refractivity contribution in [3.63, 3.8) is 0 Å². The first kappa shape index (κ1) is 41.5. The highest BCUT2D eigenvalue weighted by molar-refractivity contribution is 7.92. The maximum Gasteiger partial charge on any atom is 0.232 e. The van der Waals surface area contributed by atoms with Crippen LogP contribution in [-0.2, 0) is 35.7 Å². The van der Waals surface area contributed by atoms with E-state index in [0.29, 0.717) is 68.4 Å². The fourth-order valence-electron chi connectivity index (χ4n) is 7.14. The highest BCUT2D eigenvalue weighted by Gasteiger charge is 2.43. The summed E-state index contributed by atoms with van der Waals surface area (Å²) in [6.07, 6.45) is 6.98. The molecule has 4 N–H and O–H groups in total. The Bertz CT molecular complexity index is 2890. The number of ketones is 1. The number of aromatic nitrogens is 8. The third-order valence-electron chi connectivity index (χ3n) is 10.0. The lowest BCUT2D eigenvalue weighted by Gasteiger charge is -2.25. The average Bonchev–Trinajstić information content (AvgIpc) is 3.91. The van der Waals surface area contributed by atoms with Crippen LogP contribution in [0.5, 0.6) is 0 Å². The van der Waals surface area contributed by atoms with Crippen LogP contribution in [0.15, 0.2) is 54.3 Å². The van der Waals surface area contributed by atoms with Crippen LogP contribution >= 0.6 is 0 Å². The molecule has 0 radical (unpaired) electrons. The van der Waals surface area contributed by atoms with Crippen LogP contribution in [0.1, 0.15) is 104 Å². The number of hydrogen-bond acceptors (Lipinski definition) is 11. The third kappa shape index (κ3) is 8.46. The van der Waals surface area contributed by atoms with Crippen molar-refractivity contribution in [2.75, 3.05) is 21.5 Å². The summed E-state index contributed by atoms with van der Waals surface area (Å²) in [6, 6.07) is 13.4. The molecular formula is C41H50N10O6S2. The van der Waals surface area contributed by atoms with Crippen LogP contribution in [0.3, 0.4) is 0 Å². The second-order valence-corrected chi connectivity index (χ2v) is 20.7. The predicted octanol–water partition coefficient (Wildman–Crippen LogP) is 6.32. The summed E-state index contributed by atoms with van der Waals surface area (Å²) >= 11 is 0. The lowest BCUT2D eigenvalue weighted by molar-refractivity contribution is -0.109. The van der Waals surface area contributed by atoms with Gasteiger partial charge in [-0.25, -0.2) is 21.8 Å². The summed E-state index contributed by atoms with van der Waals surface area (Å²) in [6.45, 7) is 13.9. The smallest absolute Gasteiger partial charge is 0.232 e. The van der Waals surface area contributed by atoms with Crippen molar-refractivity contribution >= 4 is 59.6 Å². The number of aliphatic hydroxyl groups is 1. The molecule has 4 heterocycles. The molecule has 312 valence electrons. The van der Waals surface area contributed by atoms with Crippen LogP contribution in [0, 0.1) is 0 Å². The van der Waals surface area contributed by atoms with Crippen LogP contribution in [-0.4, -0.2) is 79.4 Å². The summed E-state index contributed by atoms with van der Waals surface area (Å²) < 4.78 is 56.7. The van der Waals surface area contributed by atoms with E-state index in [4.69, 9.17) is 15.2 Å². The molecule has 0 spiro atoms. The van der Waals surface area contributed by atoms with Gasteiger partial charge in [-0.3, -0.25) is 14.2 Å². The molecular weight excluding hydrogens is 793 g/mol. The van der Waals surface area contributed by atoms with E-state index < -0.39 is 36.7 Å². The first-order chi connectivity index (χ1) is 27.6. The van der Waals surface area contributed by atoms with E-state index in [0.717, 1.165) is 38.4 Å². The van der Waals surface area contributed by atoms with Crippen LogP contribution in [0.25, 0.3) is 45.2 Å². The van der Waals surface area contributed by atoms with Gasteiger partial charge in [-0.15, -0.1) is 19.5 Å². The van der Waals surface area contributed by atoms with E-state index in [1.807, 2.05) is 41.5 Å². The zero-order valence-corrected chi connectivity index (χ0v) is 36.1. The molecule has 0 bridgehead atoms. The van der Waals surface area contributed by atoms with E-state index in [1.54, 1.807) is 48.5 Å². The van der Waals surface area contributed by atoms with E-state index in [9.17, 15) is 26.7 Å². The fraction of sp³-hybridized carbons (Fsp3) is 0.415. The first-order valence-corrected chi connectivity index (χ1v) is 23.2. The number of anilines is 2. The molecule has 7 rings (SSSR count). The monoisotopic (exact) mass is 842 g/mol. The molecule has 6 aromatic rings. The van der Waals surface area contributed by atoms with Gasteiger partial charge in [0.2, 0.25) is 25.8 Å². The minimum absolute atomic E-state index is 0.0545. The molecule has 0 fully saturated rings. The molecule has 18 heteroatoms. The molecule has 1 aliphatic rings. The average molecular weight is 843 g/mol. The lowest BCUT2D eigenvalue weighted by Crippen LogP contribution is -2.32. The molecule has 0 atom stereocenters. The standard InChI is InChI=1S/C41H50N10O6S2/c1-9-10-11-12-13-14-23-59(56,57)49-27-21-17-25(18-22-27)37-43-39-31(35(41(5,6)7)45-51(39)47-37)29-32(52)28(33(29)53)30-34(40(2,3)4)44-50-38(30)42-36(46-50)24-15-19-26(20-16-24)48-58(8,54)55/h15-22,48-49,52H,9-14,23H2,1-8H3,(H,42,46)/b31-29+. The number of sulfonamides is 2. The van der Waals surface area contributed by atoms with E-state index >= 15 is 0 Å². The Balaban J connectivity index is 1.24. The molecule has 4 aromatic heterocycles. The van der Waals surface area contributed by atoms with Crippen molar-refractivity contribution in [3.8, 4) is 22.8 Å². The van der Waals surface area contributed by atoms with E-state index in [-0.39, 0.29) is 28.3 Å². The lowest BCUT2D eigenvalue weighted by atomic mass is 9.77. The van der Waals surface area contributed by atoms with Gasteiger partial charge in [-0.05, 0) is 55.0 Å². The summed E-state index contributed by atoms with van der Waals surface area (Å²) in [5, 5.41) is 31.1. The number of fused-ring (bicyclic) bond motifs is 2. The topological polar surface area (TPSA) is 219 Å². The Morgan fingerprint density at radius 1 is 0.712 bits per heavy atom. The van der Waals surface area contributed by atoms with Crippen molar-refractivity contribution in [1.82, 2.24) is 39.6 Å². The molecule has 59 heavy (non-hydrogen) atoms. The number of aromatic amines is 1. The van der Waals surface area contributed by atoms with Gasteiger partial charge < -0.3 is 10.1 Å². The molecule has 16 nitrogen and oxygen atoms in total. The van der Waals surface area contributed by atoms with Crippen molar-refractivity contribution < 1.29 is 26.7 Å². The number of carbonyl (C=O) groups excluding carboxylic acids is 1. The second-order valence-electron chi connectivity index (χ2n) is 17.2. The quantitative estimate of drug-likeness (QED) is 0.0890. The number of Topliss-reactive ketones (excluding diaryl/α,β-unsaturated/α-hetero) is 1. The maximum atomic E-state index is 14.5. The van der Waals surface area contributed by atoms with Crippen molar-refractivity contribution in [1.29, 1.82) is 0 Å². The molecule has 0 saturated heterocycles. The molecule has 0 saturated carbocycles. The number of hydrogen-bond donors (Lipinski definition) is 4. The Hall–Kier alpha value is -5.62. The van der Waals surface area contributed by atoms with Crippen LogP contribution < -0.4 is 14.7 Å². The van der Waals surface area contributed by atoms with E-state index in [1.165, 1.54) is 9.26 Å². The maximum absolute atomic E-state index is 14.5. The summed E-state index contributed by atoms with van der Waals surface area (Å²) in [5.41, 5.74) is 3.27. The number of nitrogens with zero attached hydrogens (tertiary/aromatic N) is 7. The highest BCUT2D eigenvalue weighted by atomic mass is 32.2. The first-order valence-electron chi connectivity index (χ1n) is 19.6. The Labute approximate surface area is 343 Å². The zero-order valence-electron chi connectivity index (χ0n) is 34.5. The van der Waals surface area contributed by atoms with Gasteiger partial charge in [0, 0.05) is 33.3 Å². The molecule has 0 aliphatic heterocycles. The van der Waals surface area contributed by atoms with Crippen LogP contribution in [0.4, 0.5) is 11.4 Å². The van der Waals surface area contributed by atoms with Gasteiger partial charge in [0.15, 0.2) is 22.9 Å². The number of unbranched alkanes of at least 4 members (excludes halogenated alkanes) is 5. The SMILES string of the molecule is CCCCCCCCS(=O)(=O)Nc1ccc(-c2nc3/c(=C4/C(=O)C(c5c(C(C)(C)C)nn6nc(-c7ccc(NS(C)(=O)=O)cc7)[nH]c56)=C4O)c(C(C)(C)C)nn3n2)cc1. The van der Waals surface area contributed by atoms with E-state index in [2.05, 4.69) is 31.5 Å². The third-order valence-corrected chi connectivity index (χ3v) is 12.0. The predicted molar refractivity (Wildman–Crippen MR) is 229 cm³/mol. The molecule has 0 amide bonds. The number of aliphatic hydroxyl groups excluding tert-OH is 1. The van der Waals surface area contributed by atoms with Gasteiger partial charge in [0.1, 0.15) is 5.76 Å². The van der Waals surface area contributed by atoms with Gasteiger partial charge >= 0.3 is 0 Å². The number of rotatable bonds is 14. The van der Waals surface area contributed by atoms with Gasteiger partial charge in [0.05, 0.1) is 45.3 Å². The number of allylic oxidation sites excluding steroid dienone is 2. The highest BCUT2D eigenvalue weighted by Crippen LogP contribution is 2.43. The zero-order chi connectivity index (χ0) is 42.7. The summed E-state index contributed by atoms with van der Waals surface area (Å²) in [7, 11) is -6.96. The fourth-order valence-corrected chi connectivity index (χ4v) is 8.89. The molecule has 1 aliphatic carbocycles. The van der Waals surface area contributed by atoms with Gasteiger partial charge in [0.25, 0.3) is 0 Å². The number of nitrogens with one attached hydrogen (secondary N) is 3. The van der Waals surface area contributed by atoms with Crippen molar-refractivity contribution in [2.24, 2.45) is 0 Å². The molecule has 2 aromatic carbocycles.